The van der Waals surface area contributed by atoms with Crippen molar-refractivity contribution in [1.82, 2.24) is 14.5 Å². The van der Waals surface area contributed by atoms with E-state index in [1.165, 1.54) is 11.4 Å². The van der Waals surface area contributed by atoms with Gasteiger partial charge >= 0.3 is 5.97 Å². The lowest BCUT2D eigenvalue weighted by atomic mass is 9.99. The smallest absolute Gasteiger partial charge is 0.310 e. The lowest BCUT2D eigenvalue weighted by Gasteiger charge is -2.22. The molecule has 9 heteroatoms. The highest BCUT2D eigenvalue weighted by Crippen LogP contribution is 2.24. The van der Waals surface area contributed by atoms with E-state index in [1.54, 1.807) is 0 Å². The first-order valence-corrected chi connectivity index (χ1v) is 10.1. The zero-order valence-corrected chi connectivity index (χ0v) is 15.5. The van der Waals surface area contributed by atoms with Crippen molar-refractivity contribution < 1.29 is 17.9 Å². The normalized spacial score (nSPS) is 27.5. The number of likely N-dealkylation sites (tertiary alicyclic amines) is 1. The molecule has 0 aromatic carbocycles. The average Bonchev–Trinajstić information content (AvgIpc) is 3.08. The first kappa shape index (κ1) is 19.0. The fourth-order valence-corrected chi connectivity index (χ4v) is 4.75. The van der Waals surface area contributed by atoms with Crippen LogP contribution in [-0.2, 0) is 19.6 Å². The van der Waals surface area contributed by atoms with Crippen LogP contribution in [0.25, 0.3) is 0 Å². The molecule has 0 radical (unpaired) electrons. The standard InChI is InChI=1S/C15H28N4O4S/c1-4-16-15(17-6-8-19-7-5-9-24(19,21)22)18-10-12(2)13(11-18)14(20)23-3/h12-13H,4-11H2,1-3H3,(H,16,17). The Kier molecular flexibility index (Phi) is 6.45. The van der Waals surface area contributed by atoms with Gasteiger partial charge in [-0.1, -0.05) is 6.92 Å². The number of rotatable bonds is 5. The lowest BCUT2D eigenvalue weighted by molar-refractivity contribution is -0.145. The predicted molar refractivity (Wildman–Crippen MR) is 92.2 cm³/mol. The molecule has 1 N–H and O–H groups in total. The van der Waals surface area contributed by atoms with Crippen LogP contribution in [0.5, 0.6) is 0 Å². The fourth-order valence-electron chi connectivity index (χ4n) is 3.23. The molecule has 0 bridgehead atoms. The molecule has 2 rings (SSSR count). The van der Waals surface area contributed by atoms with Crippen molar-refractivity contribution in [3.05, 3.63) is 0 Å². The number of ether oxygens (including phenoxy) is 1. The Morgan fingerprint density at radius 2 is 2.12 bits per heavy atom. The number of sulfonamides is 1. The minimum atomic E-state index is -3.08. The van der Waals surface area contributed by atoms with Crippen LogP contribution < -0.4 is 5.32 Å². The Morgan fingerprint density at radius 3 is 2.71 bits per heavy atom. The summed E-state index contributed by atoms with van der Waals surface area (Å²) >= 11 is 0. The molecule has 138 valence electrons. The van der Waals surface area contributed by atoms with Crippen LogP contribution in [0.3, 0.4) is 0 Å². The van der Waals surface area contributed by atoms with Gasteiger partial charge in [0.05, 0.1) is 25.3 Å². The highest BCUT2D eigenvalue weighted by Gasteiger charge is 2.37. The van der Waals surface area contributed by atoms with Gasteiger partial charge in [0, 0.05) is 32.7 Å². The maximum absolute atomic E-state index is 11.8. The number of hydrogen-bond donors (Lipinski definition) is 1. The van der Waals surface area contributed by atoms with Crippen molar-refractivity contribution in [2.45, 2.75) is 20.3 Å². The summed E-state index contributed by atoms with van der Waals surface area (Å²) in [5.74, 6) is 0.816. The molecule has 0 aliphatic carbocycles. The molecule has 0 aromatic heterocycles. The quantitative estimate of drug-likeness (QED) is 0.412. The molecule has 0 aromatic rings. The summed E-state index contributed by atoms with van der Waals surface area (Å²) in [5, 5.41) is 3.22. The van der Waals surface area contributed by atoms with E-state index in [2.05, 4.69) is 10.3 Å². The Labute approximate surface area is 144 Å². The molecule has 2 aliphatic heterocycles. The zero-order chi connectivity index (χ0) is 17.7. The molecule has 2 unspecified atom stereocenters. The summed E-state index contributed by atoms with van der Waals surface area (Å²) in [6.07, 6.45) is 0.691. The second-order valence-electron chi connectivity index (χ2n) is 6.32. The third kappa shape index (κ3) is 4.38. The number of carbonyl (C=O) groups is 1. The lowest BCUT2D eigenvalue weighted by Crippen LogP contribution is -2.41. The number of hydrogen-bond acceptors (Lipinski definition) is 5. The van der Waals surface area contributed by atoms with Crippen LogP contribution in [-0.4, -0.2) is 81.7 Å². The molecule has 0 amide bonds. The zero-order valence-electron chi connectivity index (χ0n) is 14.7. The topological polar surface area (TPSA) is 91.3 Å². The minimum Gasteiger partial charge on any atom is -0.469 e. The van der Waals surface area contributed by atoms with Crippen LogP contribution in [0.1, 0.15) is 20.3 Å². The second kappa shape index (κ2) is 8.15. The Morgan fingerprint density at radius 1 is 1.38 bits per heavy atom. The summed E-state index contributed by atoms with van der Waals surface area (Å²) in [7, 11) is -1.67. The molecule has 0 spiro atoms. The van der Waals surface area contributed by atoms with Crippen LogP contribution in [0, 0.1) is 11.8 Å². The molecule has 8 nitrogen and oxygen atoms in total. The molecule has 24 heavy (non-hydrogen) atoms. The van der Waals surface area contributed by atoms with Crippen molar-refractivity contribution >= 4 is 22.0 Å². The summed E-state index contributed by atoms with van der Waals surface area (Å²) < 4.78 is 30.0. The van der Waals surface area contributed by atoms with Gasteiger partial charge in [0.2, 0.25) is 10.0 Å². The molecule has 0 saturated carbocycles. The first-order valence-electron chi connectivity index (χ1n) is 8.48. The van der Waals surface area contributed by atoms with Crippen molar-refractivity contribution in [2.75, 3.05) is 52.1 Å². The van der Waals surface area contributed by atoms with Crippen LogP contribution >= 0.6 is 0 Å². The maximum atomic E-state index is 11.8. The molecule has 2 fully saturated rings. The average molecular weight is 360 g/mol. The molecule has 2 atom stereocenters. The predicted octanol–water partition coefficient (Wildman–Crippen LogP) is -0.272. The number of aliphatic imine (C=N–C) groups is 1. The van der Waals surface area contributed by atoms with Gasteiger partial charge in [-0.25, -0.2) is 12.7 Å². The minimum absolute atomic E-state index is 0.155. The van der Waals surface area contributed by atoms with Crippen molar-refractivity contribution in [3.63, 3.8) is 0 Å². The van der Waals surface area contributed by atoms with E-state index in [-0.39, 0.29) is 23.6 Å². The van der Waals surface area contributed by atoms with E-state index in [9.17, 15) is 13.2 Å². The molecular weight excluding hydrogens is 332 g/mol. The van der Waals surface area contributed by atoms with Gasteiger partial charge in [-0.05, 0) is 19.3 Å². The highest BCUT2D eigenvalue weighted by molar-refractivity contribution is 7.89. The summed E-state index contributed by atoms with van der Waals surface area (Å²) in [6, 6.07) is 0. The number of carbonyl (C=O) groups excluding carboxylic acids is 1. The number of guanidine groups is 1. The highest BCUT2D eigenvalue weighted by atomic mass is 32.2. The number of esters is 1. The van der Waals surface area contributed by atoms with Gasteiger partial charge in [0.25, 0.3) is 0 Å². The van der Waals surface area contributed by atoms with Gasteiger partial charge in [-0.3, -0.25) is 9.79 Å². The van der Waals surface area contributed by atoms with Gasteiger partial charge < -0.3 is 15.0 Å². The molecule has 2 aliphatic rings. The SMILES string of the molecule is CCNC(=NCCN1CCCS1(=O)=O)N1CC(C)C(C(=O)OC)C1. The number of nitrogens with zero attached hydrogens (tertiary/aromatic N) is 3. The van der Waals surface area contributed by atoms with Crippen molar-refractivity contribution in [2.24, 2.45) is 16.8 Å². The van der Waals surface area contributed by atoms with E-state index in [4.69, 9.17) is 4.74 Å². The fraction of sp³-hybridized carbons (Fsp3) is 0.867. The third-order valence-corrected chi connectivity index (χ3v) is 6.52. The summed E-state index contributed by atoms with van der Waals surface area (Å²) in [4.78, 5) is 18.4. The first-order chi connectivity index (χ1) is 11.4. The van der Waals surface area contributed by atoms with Crippen LogP contribution in [0.4, 0.5) is 0 Å². The van der Waals surface area contributed by atoms with Crippen molar-refractivity contribution in [1.29, 1.82) is 0 Å². The second-order valence-corrected chi connectivity index (χ2v) is 8.40. The van der Waals surface area contributed by atoms with E-state index >= 15 is 0 Å². The van der Waals surface area contributed by atoms with E-state index in [1.807, 2.05) is 18.7 Å². The van der Waals surface area contributed by atoms with Crippen molar-refractivity contribution in [3.8, 4) is 0 Å². The number of methoxy groups -OCH3 is 1. The molecule has 2 saturated heterocycles. The maximum Gasteiger partial charge on any atom is 0.310 e. The molecule has 2 heterocycles. The number of nitrogens with one attached hydrogen (secondary N) is 1. The molecular formula is C15H28N4O4S. The Balaban J connectivity index is 1.97. The van der Waals surface area contributed by atoms with E-state index in [0.717, 1.165) is 12.5 Å². The van der Waals surface area contributed by atoms with Crippen LogP contribution in [0.2, 0.25) is 0 Å². The Bertz CT molecular complexity index is 578. The van der Waals surface area contributed by atoms with Gasteiger partial charge in [-0.2, -0.15) is 0 Å². The largest absolute Gasteiger partial charge is 0.469 e. The summed E-state index contributed by atoms with van der Waals surface area (Å²) in [5.41, 5.74) is 0. The van der Waals surface area contributed by atoms with Gasteiger partial charge in [0.15, 0.2) is 5.96 Å². The van der Waals surface area contributed by atoms with Gasteiger partial charge in [0.1, 0.15) is 0 Å². The third-order valence-electron chi connectivity index (χ3n) is 4.56. The Hall–Kier alpha value is -1.35. The van der Waals surface area contributed by atoms with Crippen LogP contribution in [0.15, 0.2) is 4.99 Å². The summed E-state index contributed by atoms with van der Waals surface area (Å²) in [6.45, 7) is 7.43. The van der Waals surface area contributed by atoms with E-state index < -0.39 is 10.0 Å². The van der Waals surface area contributed by atoms with E-state index in [0.29, 0.717) is 39.1 Å². The van der Waals surface area contributed by atoms with Gasteiger partial charge in [-0.15, -0.1) is 0 Å². The monoisotopic (exact) mass is 360 g/mol.